The molecule has 2 fully saturated rings. The summed E-state index contributed by atoms with van der Waals surface area (Å²) in [7, 11) is 1.77. The van der Waals surface area contributed by atoms with E-state index in [2.05, 4.69) is 26.0 Å². The predicted octanol–water partition coefficient (Wildman–Crippen LogP) is 4.98. The number of ether oxygens (including phenoxy) is 2. The second-order valence-electron chi connectivity index (χ2n) is 9.98. The predicted molar refractivity (Wildman–Crippen MR) is 107 cm³/mol. The maximum absolute atomic E-state index is 12.8. The molecule has 4 aliphatic carbocycles. The minimum absolute atomic E-state index is 0.0229. The summed E-state index contributed by atoms with van der Waals surface area (Å²) in [5, 5.41) is 0. The molecule has 0 heterocycles. The van der Waals surface area contributed by atoms with Gasteiger partial charge in [-0.15, -0.1) is 0 Å². The number of Topliss-reactive ketones (excluding diaryl/α,β-unsaturated/α-hetero) is 1. The summed E-state index contributed by atoms with van der Waals surface area (Å²) >= 11 is 0. The van der Waals surface area contributed by atoms with E-state index in [0.29, 0.717) is 24.2 Å². The molecular formula is C24H34O4. The molecule has 0 unspecified atom stereocenters. The molecule has 0 saturated heterocycles. The molecule has 0 aromatic rings. The summed E-state index contributed by atoms with van der Waals surface area (Å²) in [5.41, 5.74) is 0.441. The van der Waals surface area contributed by atoms with Crippen molar-refractivity contribution >= 4 is 11.8 Å². The third-order valence-electron chi connectivity index (χ3n) is 9.00. The Kier molecular flexibility index (Phi) is 4.55. The summed E-state index contributed by atoms with van der Waals surface area (Å²) in [6.07, 6.45) is 11.6. The molecule has 0 radical (unpaired) electrons. The van der Waals surface area contributed by atoms with Crippen molar-refractivity contribution in [2.45, 2.75) is 78.2 Å². The SMILES string of the molecule is COC1=CC2=CC[C@@H]3[C@H](CC[C@]4(C)[C@H]3CC[C@]4(OC(C)=O)C(C)=O)[C@@]2(C)CC1. The van der Waals surface area contributed by atoms with Crippen LogP contribution in [-0.2, 0) is 19.1 Å². The Hall–Kier alpha value is -1.58. The number of carbonyl (C=O) groups excluding carboxylic acids is 2. The first-order valence-corrected chi connectivity index (χ1v) is 10.8. The fraction of sp³-hybridized carbons (Fsp3) is 0.750. The van der Waals surface area contributed by atoms with E-state index >= 15 is 0 Å². The molecule has 4 nitrogen and oxygen atoms in total. The van der Waals surface area contributed by atoms with Crippen molar-refractivity contribution in [3.63, 3.8) is 0 Å². The summed E-state index contributed by atoms with van der Waals surface area (Å²) < 4.78 is 11.4. The Labute approximate surface area is 168 Å². The second kappa shape index (κ2) is 6.47. The second-order valence-corrected chi connectivity index (χ2v) is 9.98. The van der Waals surface area contributed by atoms with E-state index in [1.165, 1.54) is 12.5 Å². The van der Waals surface area contributed by atoms with E-state index in [4.69, 9.17) is 9.47 Å². The van der Waals surface area contributed by atoms with Gasteiger partial charge in [-0.2, -0.15) is 0 Å². The highest BCUT2D eigenvalue weighted by atomic mass is 16.6. The van der Waals surface area contributed by atoms with E-state index < -0.39 is 5.60 Å². The van der Waals surface area contributed by atoms with Gasteiger partial charge in [0.05, 0.1) is 12.9 Å². The van der Waals surface area contributed by atoms with Gasteiger partial charge in [-0.3, -0.25) is 9.59 Å². The van der Waals surface area contributed by atoms with E-state index in [1.807, 2.05) is 0 Å². The van der Waals surface area contributed by atoms with Gasteiger partial charge in [0.1, 0.15) is 0 Å². The van der Waals surface area contributed by atoms with Crippen LogP contribution in [0.2, 0.25) is 0 Å². The van der Waals surface area contributed by atoms with Crippen molar-refractivity contribution < 1.29 is 19.1 Å². The molecule has 0 aromatic carbocycles. The summed E-state index contributed by atoms with van der Waals surface area (Å²) in [4.78, 5) is 24.7. The first kappa shape index (κ1) is 19.7. The zero-order chi connectivity index (χ0) is 20.3. The van der Waals surface area contributed by atoms with Crippen LogP contribution in [0.25, 0.3) is 0 Å². The molecule has 6 atom stereocenters. The van der Waals surface area contributed by atoms with Crippen LogP contribution in [0.3, 0.4) is 0 Å². The highest BCUT2D eigenvalue weighted by Gasteiger charge is 2.67. The van der Waals surface area contributed by atoms with Crippen LogP contribution in [-0.4, -0.2) is 24.5 Å². The van der Waals surface area contributed by atoms with Crippen molar-refractivity contribution in [3.05, 3.63) is 23.5 Å². The van der Waals surface area contributed by atoms with Crippen molar-refractivity contribution in [3.8, 4) is 0 Å². The van der Waals surface area contributed by atoms with Gasteiger partial charge in [0, 0.05) is 18.8 Å². The number of allylic oxidation sites excluding steroid dienone is 4. The number of ketones is 1. The lowest BCUT2D eigenvalue weighted by Crippen LogP contribution is -2.58. The molecule has 28 heavy (non-hydrogen) atoms. The standard InChI is InChI=1S/C24H34O4/c1-15(25)24(28-16(2)26)13-10-21-19-7-6-17-14-18(27-5)8-11-22(17,3)20(19)9-12-23(21,24)4/h6,14,19-21H,7-13H2,1-5H3/t19-,20+,21+,22+,23-,24+/m1/s1. The molecule has 0 bridgehead atoms. The highest BCUT2D eigenvalue weighted by Crippen LogP contribution is 2.67. The van der Waals surface area contributed by atoms with Crippen molar-refractivity contribution in [2.75, 3.05) is 7.11 Å². The molecule has 4 heteroatoms. The number of hydrogen-bond acceptors (Lipinski definition) is 4. The lowest BCUT2D eigenvalue weighted by Gasteiger charge is -2.58. The van der Waals surface area contributed by atoms with Crippen LogP contribution in [0, 0.1) is 28.6 Å². The Bertz CT molecular complexity index is 765. The molecule has 0 aliphatic heterocycles. The number of fused-ring (bicyclic) bond motifs is 5. The number of carbonyl (C=O) groups is 2. The molecule has 0 spiro atoms. The van der Waals surface area contributed by atoms with E-state index in [-0.39, 0.29) is 22.6 Å². The van der Waals surface area contributed by atoms with Gasteiger partial charge < -0.3 is 9.47 Å². The molecule has 154 valence electrons. The van der Waals surface area contributed by atoms with Crippen molar-refractivity contribution in [1.29, 1.82) is 0 Å². The van der Waals surface area contributed by atoms with Crippen LogP contribution in [0.4, 0.5) is 0 Å². The number of methoxy groups -OCH3 is 1. The Morgan fingerprint density at radius 2 is 1.79 bits per heavy atom. The highest BCUT2D eigenvalue weighted by molar-refractivity contribution is 5.89. The fourth-order valence-corrected chi connectivity index (χ4v) is 7.52. The van der Waals surface area contributed by atoms with E-state index in [1.54, 1.807) is 14.0 Å². The molecule has 2 saturated carbocycles. The maximum Gasteiger partial charge on any atom is 0.303 e. The first-order valence-electron chi connectivity index (χ1n) is 10.8. The average Bonchev–Trinajstić information content (AvgIpc) is 2.94. The van der Waals surface area contributed by atoms with Gasteiger partial charge in [-0.1, -0.05) is 19.9 Å². The van der Waals surface area contributed by atoms with Crippen LogP contribution < -0.4 is 0 Å². The summed E-state index contributed by atoms with van der Waals surface area (Å²) in [5.74, 6) is 2.39. The fourth-order valence-electron chi connectivity index (χ4n) is 7.52. The minimum Gasteiger partial charge on any atom is -0.501 e. The zero-order valence-corrected chi connectivity index (χ0v) is 18.0. The minimum atomic E-state index is -0.935. The van der Waals surface area contributed by atoms with E-state index in [9.17, 15) is 9.59 Å². The van der Waals surface area contributed by atoms with Crippen molar-refractivity contribution in [1.82, 2.24) is 0 Å². The van der Waals surface area contributed by atoms with Gasteiger partial charge in [-0.05, 0) is 80.3 Å². The third-order valence-corrected chi connectivity index (χ3v) is 9.00. The van der Waals surface area contributed by atoms with Gasteiger partial charge in [0.2, 0.25) is 0 Å². The normalized spacial score (nSPS) is 44.4. The van der Waals surface area contributed by atoms with Gasteiger partial charge in [0.15, 0.2) is 11.4 Å². The molecule has 4 rings (SSSR count). The Morgan fingerprint density at radius 1 is 1.07 bits per heavy atom. The van der Waals surface area contributed by atoms with Gasteiger partial charge in [-0.25, -0.2) is 0 Å². The van der Waals surface area contributed by atoms with E-state index in [0.717, 1.165) is 44.3 Å². The Balaban J connectivity index is 1.71. The topological polar surface area (TPSA) is 52.6 Å². The average molecular weight is 387 g/mol. The lowest BCUT2D eigenvalue weighted by molar-refractivity contribution is -0.186. The monoisotopic (exact) mass is 386 g/mol. The number of esters is 1. The van der Waals surface area contributed by atoms with Crippen LogP contribution >= 0.6 is 0 Å². The smallest absolute Gasteiger partial charge is 0.303 e. The van der Waals surface area contributed by atoms with Gasteiger partial charge >= 0.3 is 5.97 Å². The Morgan fingerprint density at radius 3 is 2.43 bits per heavy atom. The zero-order valence-electron chi connectivity index (χ0n) is 18.0. The molecule has 0 N–H and O–H groups in total. The third kappa shape index (κ3) is 2.48. The lowest BCUT2D eigenvalue weighted by atomic mass is 9.47. The van der Waals surface area contributed by atoms with Gasteiger partial charge in [0.25, 0.3) is 0 Å². The van der Waals surface area contributed by atoms with Crippen LogP contribution in [0.1, 0.15) is 72.6 Å². The molecule has 0 amide bonds. The maximum atomic E-state index is 12.8. The van der Waals surface area contributed by atoms with Crippen molar-refractivity contribution in [2.24, 2.45) is 28.6 Å². The number of hydrogen-bond donors (Lipinski definition) is 0. The molecule has 0 aromatic heterocycles. The molecule has 4 aliphatic rings. The molecular weight excluding hydrogens is 352 g/mol. The van der Waals surface area contributed by atoms with Crippen LogP contribution in [0.5, 0.6) is 0 Å². The largest absolute Gasteiger partial charge is 0.501 e. The number of rotatable bonds is 3. The van der Waals surface area contributed by atoms with Crippen LogP contribution in [0.15, 0.2) is 23.5 Å². The summed E-state index contributed by atoms with van der Waals surface area (Å²) in [6, 6.07) is 0. The quantitative estimate of drug-likeness (QED) is 0.642. The summed E-state index contributed by atoms with van der Waals surface area (Å²) in [6.45, 7) is 7.70. The first-order chi connectivity index (χ1) is 13.2.